The van der Waals surface area contributed by atoms with Gasteiger partial charge in [-0.1, -0.05) is 11.6 Å². The van der Waals surface area contributed by atoms with Gasteiger partial charge in [0.25, 0.3) is 0 Å². The number of nitrogens with one attached hydrogen (secondary N) is 1. The van der Waals surface area contributed by atoms with Gasteiger partial charge in [-0.15, -0.1) is 4.72 Å². The SMILES string of the molecule is CCOC(=O)C[C@](C)(N[S@+]([O-])C(C)(C)C)c1nc(Br)ccc1Cl. The molecule has 0 aliphatic heterocycles. The van der Waals surface area contributed by atoms with Crippen molar-refractivity contribution in [2.24, 2.45) is 0 Å². The highest BCUT2D eigenvalue weighted by Gasteiger charge is 2.41. The van der Waals surface area contributed by atoms with Crippen molar-refractivity contribution in [1.82, 2.24) is 9.71 Å². The summed E-state index contributed by atoms with van der Waals surface area (Å²) >= 11 is 8.15. The van der Waals surface area contributed by atoms with E-state index in [0.717, 1.165) is 0 Å². The molecule has 130 valence electrons. The zero-order valence-corrected chi connectivity index (χ0v) is 17.1. The Morgan fingerprint density at radius 1 is 1.43 bits per heavy atom. The number of aromatic nitrogens is 1. The van der Waals surface area contributed by atoms with Crippen molar-refractivity contribution in [3.8, 4) is 0 Å². The maximum Gasteiger partial charge on any atom is 0.308 e. The number of pyridine rings is 1. The molecule has 1 aromatic rings. The molecule has 2 atom stereocenters. The summed E-state index contributed by atoms with van der Waals surface area (Å²) in [6.07, 6.45) is -0.0359. The van der Waals surface area contributed by atoms with Gasteiger partial charge in [0.15, 0.2) is 0 Å². The molecule has 0 radical (unpaired) electrons. The van der Waals surface area contributed by atoms with Gasteiger partial charge in [-0.3, -0.25) is 4.79 Å². The third kappa shape index (κ3) is 5.90. The van der Waals surface area contributed by atoms with Crippen LogP contribution in [0.3, 0.4) is 0 Å². The molecule has 0 unspecified atom stereocenters. The van der Waals surface area contributed by atoms with Crippen molar-refractivity contribution in [2.75, 3.05) is 6.61 Å². The summed E-state index contributed by atoms with van der Waals surface area (Å²) in [5.41, 5.74) is -0.579. The fourth-order valence-electron chi connectivity index (χ4n) is 1.83. The van der Waals surface area contributed by atoms with Gasteiger partial charge in [-0.25, -0.2) is 4.98 Å². The molecule has 1 aromatic heterocycles. The Kier molecular flexibility index (Phi) is 7.35. The number of rotatable bonds is 6. The maximum atomic E-state index is 12.6. The Morgan fingerprint density at radius 3 is 2.57 bits per heavy atom. The average Bonchev–Trinajstić information content (AvgIpc) is 2.40. The smallest absolute Gasteiger partial charge is 0.308 e. The van der Waals surface area contributed by atoms with Crippen molar-refractivity contribution in [1.29, 1.82) is 0 Å². The monoisotopic (exact) mass is 424 g/mol. The number of carbonyl (C=O) groups is 1. The number of ether oxygens (including phenoxy) is 1. The lowest BCUT2D eigenvalue weighted by Gasteiger charge is -2.34. The molecule has 0 aromatic carbocycles. The molecule has 8 heteroatoms. The molecule has 1 N–H and O–H groups in total. The van der Waals surface area contributed by atoms with Crippen LogP contribution in [-0.4, -0.2) is 26.9 Å². The van der Waals surface area contributed by atoms with Crippen molar-refractivity contribution < 1.29 is 14.1 Å². The Bertz CT molecular complexity index is 568. The number of hydrogen-bond acceptors (Lipinski definition) is 5. The Hall–Kier alpha value is -0.340. The van der Waals surface area contributed by atoms with Crippen LogP contribution in [0, 0.1) is 0 Å². The molecule has 0 aliphatic carbocycles. The summed E-state index contributed by atoms with van der Waals surface area (Å²) < 4.78 is 20.7. The van der Waals surface area contributed by atoms with E-state index in [-0.39, 0.29) is 13.0 Å². The van der Waals surface area contributed by atoms with Crippen LogP contribution < -0.4 is 4.72 Å². The lowest BCUT2D eigenvalue weighted by atomic mass is 9.94. The first-order chi connectivity index (χ1) is 10.5. The molecule has 1 rings (SSSR count). The molecule has 0 fully saturated rings. The van der Waals surface area contributed by atoms with Gasteiger partial charge in [0.2, 0.25) is 0 Å². The van der Waals surface area contributed by atoms with Crippen LogP contribution in [0.4, 0.5) is 0 Å². The zero-order chi connectivity index (χ0) is 17.8. The standard InChI is InChI=1S/C15H22BrClN2O3S/c1-6-22-12(20)9-15(5,19-23(21)14(2,3)4)13-10(17)7-8-11(16)18-13/h7-8,19H,6,9H2,1-5H3/t15-,23+/m0/s1. The number of halogens is 2. The molecule has 0 bridgehead atoms. The Labute approximate surface area is 154 Å². The lowest BCUT2D eigenvalue weighted by Crippen LogP contribution is -2.51. The second kappa shape index (κ2) is 8.16. The molecule has 0 aliphatic rings. The first-order valence-corrected chi connectivity index (χ1v) is 9.49. The lowest BCUT2D eigenvalue weighted by molar-refractivity contribution is -0.144. The summed E-state index contributed by atoms with van der Waals surface area (Å²) in [6.45, 7) is 9.29. The van der Waals surface area contributed by atoms with Gasteiger partial charge in [-0.2, -0.15) is 0 Å². The molecule has 5 nitrogen and oxygen atoms in total. The van der Waals surface area contributed by atoms with Crippen LogP contribution in [0.1, 0.15) is 46.7 Å². The summed E-state index contributed by atoms with van der Waals surface area (Å²) in [5.74, 6) is -0.411. The topological polar surface area (TPSA) is 74.3 Å². The molecule has 0 saturated carbocycles. The van der Waals surface area contributed by atoms with Crippen LogP contribution >= 0.6 is 27.5 Å². The highest BCUT2D eigenvalue weighted by atomic mass is 79.9. The van der Waals surface area contributed by atoms with E-state index in [0.29, 0.717) is 15.3 Å². The minimum atomic E-state index is -1.41. The van der Waals surface area contributed by atoms with Gasteiger partial charge >= 0.3 is 5.97 Å². The van der Waals surface area contributed by atoms with Gasteiger partial charge < -0.3 is 9.29 Å². The van der Waals surface area contributed by atoms with E-state index in [4.69, 9.17) is 16.3 Å². The summed E-state index contributed by atoms with van der Waals surface area (Å²) in [5, 5.41) is 0.387. The summed E-state index contributed by atoms with van der Waals surface area (Å²) in [7, 11) is 0. The first kappa shape index (κ1) is 20.7. The van der Waals surface area contributed by atoms with E-state index >= 15 is 0 Å². The van der Waals surface area contributed by atoms with Crippen LogP contribution in [0.2, 0.25) is 5.02 Å². The van der Waals surface area contributed by atoms with E-state index in [1.165, 1.54) is 0 Å². The van der Waals surface area contributed by atoms with Crippen LogP contribution in [-0.2, 0) is 26.4 Å². The largest absolute Gasteiger partial charge is 0.598 e. The molecule has 0 amide bonds. The fourth-order valence-corrected chi connectivity index (χ4v) is 3.34. The first-order valence-electron chi connectivity index (χ1n) is 7.17. The number of nitrogens with zero attached hydrogens (tertiary/aromatic N) is 1. The van der Waals surface area contributed by atoms with Crippen LogP contribution in [0.25, 0.3) is 0 Å². The quantitative estimate of drug-likeness (QED) is 0.427. The summed E-state index contributed by atoms with van der Waals surface area (Å²) in [6, 6.07) is 3.39. The van der Waals surface area contributed by atoms with E-state index < -0.39 is 27.6 Å². The molecular formula is C15H22BrClN2O3S. The fraction of sp³-hybridized carbons (Fsp3) is 0.600. The number of hydrogen-bond donors (Lipinski definition) is 1. The second-order valence-corrected chi connectivity index (χ2v) is 9.45. The highest BCUT2D eigenvalue weighted by Crippen LogP contribution is 2.33. The highest BCUT2D eigenvalue weighted by molar-refractivity contribution is 9.10. The average molecular weight is 426 g/mol. The Balaban J connectivity index is 3.24. The minimum Gasteiger partial charge on any atom is -0.598 e. The second-order valence-electron chi connectivity index (χ2n) is 6.26. The minimum absolute atomic E-state index is 0.0359. The normalized spacial score (nSPS) is 15.8. The molecule has 23 heavy (non-hydrogen) atoms. The van der Waals surface area contributed by atoms with E-state index in [1.807, 2.05) is 20.8 Å². The van der Waals surface area contributed by atoms with Gasteiger partial charge in [0.1, 0.15) is 14.9 Å². The number of carbonyl (C=O) groups excluding carboxylic acids is 1. The van der Waals surface area contributed by atoms with Crippen LogP contribution in [0.15, 0.2) is 16.7 Å². The van der Waals surface area contributed by atoms with E-state index in [9.17, 15) is 9.35 Å². The molecule has 0 spiro atoms. The third-order valence-electron chi connectivity index (χ3n) is 3.01. The van der Waals surface area contributed by atoms with Crippen molar-refractivity contribution >= 4 is 44.9 Å². The van der Waals surface area contributed by atoms with Gasteiger partial charge in [-0.05, 0) is 62.7 Å². The van der Waals surface area contributed by atoms with E-state index in [1.54, 1.807) is 26.0 Å². The molecular weight excluding hydrogens is 404 g/mol. The van der Waals surface area contributed by atoms with Crippen molar-refractivity contribution in [2.45, 2.75) is 51.3 Å². The maximum absolute atomic E-state index is 12.6. The number of esters is 1. The van der Waals surface area contributed by atoms with Crippen molar-refractivity contribution in [3.63, 3.8) is 0 Å². The summed E-state index contributed by atoms with van der Waals surface area (Å²) in [4.78, 5) is 16.4. The van der Waals surface area contributed by atoms with Gasteiger partial charge in [0.05, 0.1) is 23.7 Å². The predicted molar refractivity (Wildman–Crippen MR) is 96.6 cm³/mol. The van der Waals surface area contributed by atoms with Crippen LogP contribution in [0.5, 0.6) is 0 Å². The zero-order valence-electron chi connectivity index (χ0n) is 13.9. The predicted octanol–water partition coefficient (Wildman–Crippen LogP) is 3.72. The Morgan fingerprint density at radius 2 is 2.04 bits per heavy atom. The molecule has 1 heterocycles. The third-order valence-corrected chi connectivity index (χ3v) is 5.51. The molecule has 0 saturated heterocycles. The van der Waals surface area contributed by atoms with E-state index in [2.05, 4.69) is 25.6 Å². The van der Waals surface area contributed by atoms with Crippen molar-refractivity contribution in [3.05, 3.63) is 27.5 Å². The van der Waals surface area contributed by atoms with Gasteiger partial charge in [0, 0.05) is 11.4 Å².